The molecule has 10 nitrogen and oxygen atoms in total. The van der Waals surface area contributed by atoms with Crippen molar-refractivity contribution in [3.8, 4) is 12.1 Å². The van der Waals surface area contributed by atoms with Crippen LogP contribution in [0.4, 0.5) is 16.4 Å². The number of esters is 1. The van der Waals surface area contributed by atoms with E-state index in [0.717, 1.165) is 35.6 Å². The molecule has 1 aromatic heterocycles. The normalized spacial score (nSPS) is 13.8. The van der Waals surface area contributed by atoms with Crippen molar-refractivity contribution >= 4 is 39.7 Å². The molecule has 3 aromatic rings. The highest BCUT2D eigenvalue weighted by Crippen LogP contribution is 2.36. The number of anilines is 1. The maximum Gasteiger partial charge on any atom is 0.339 e. The van der Waals surface area contributed by atoms with Gasteiger partial charge in [-0.05, 0) is 95.3 Å². The molecule has 2 atom stereocenters. The number of carbonyl (C=O) groups is 2. The predicted octanol–water partition coefficient (Wildman–Crippen LogP) is 8.65. The quantitative estimate of drug-likeness (QED) is 0.128. The molecule has 0 aliphatic rings. The average molecular weight is 644 g/mol. The van der Waals surface area contributed by atoms with E-state index in [0.29, 0.717) is 46.1 Å². The van der Waals surface area contributed by atoms with E-state index in [2.05, 4.69) is 47.2 Å². The molecule has 11 heteroatoms. The summed E-state index contributed by atoms with van der Waals surface area (Å²) >= 11 is 1.16. The minimum atomic E-state index is -1.19. The molecule has 0 aliphatic heterocycles. The first-order chi connectivity index (χ1) is 21.8. The van der Waals surface area contributed by atoms with Gasteiger partial charge in [-0.1, -0.05) is 26.0 Å². The van der Waals surface area contributed by atoms with Gasteiger partial charge >= 0.3 is 11.9 Å². The summed E-state index contributed by atoms with van der Waals surface area (Å²) in [6.45, 7) is 15.2. The number of benzene rings is 2. The van der Waals surface area contributed by atoms with E-state index in [-0.39, 0.29) is 17.7 Å². The largest absolute Gasteiger partial charge is 0.478 e. The van der Waals surface area contributed by atoms with E-state index in [4.69, 9.17) is 9.47 Å². The minimum absolute atomic E-state index is 0.0102. The molecule has 242 valence electrons. The van der Waals surface area contributed by atoms with Crippen molar-refractivity contribution < 1.29 is 24.2 Å². The van der Waals surface area contributed by atoms with Gasteiger partial charge in [0.1, 0.15) is 22.6 Å². The number of hydrogen-bond acceptors (Lipinski definition) is 10. The van der Waals surface area contributed by atoms with Crippen LogP contribution in [0.15, 0.2) is 52.7 Å². The topological polar surface area (TPSA) is 148 Å². The van der Waals surface area contributed by atoms with Crippen LogP contribution in [0.2, 0.25) is 0 Å². The first-order valence-corrected chi connectivity index (χ1v) is 16.1. The highest BCUT2D eigenvalue weighted by atomic mass is 32.1. The highest BCUT2D eigenvalue weighted by molar-refractivity contribution is 7.16. The fourth-order valence-corrected chi connectivity index (χ4v) is 5.58. The van der Waals surface area contributed by atoms with Gasteiger partial charge in [0.25, 0.3) is 0 Å². The van der Waals surface area contributed by atoms with E-state index in [1.807, 2.05) is 32.9 Å². The number of hydrogen-bond donors (Lipinski definition) is 1. The Hall–Kier alpha value is -4.58. The molecule has 0 aliphatic carbocycles. The van der Waals surface area contributed by atoms with Gasteiger partial charge in [-0.3, -0.25) is 0 Å². The van der Waals surface area contributed by atoms with E-state index < -0.39 is 23.1 Å². The van der Waals surface area contributed by atoms with Crippen LogP contribution in [0, 0.1) is 36.5 Å². The third-order valence-corrected chi connectivity index (χ3v) is 9.45. The Balaban J connectivity index is 1.68. The Labute approximate surface area is 274 Å². The zero-order valence-electron chi connectivity index (χ0n) is 27.5. The third kappa shape index (κ3) is 8.57. The Morgan fingerprint density at radius 1 is 0.978 bits per heavy atom. The summed E-state index contributed by atoms with van der Waals surface area (Å²) in [5.41, 5.74) is 2.08. The number of azo groups is 1. The second kappa shape index (κ2) is 15.6. The predicted molar refractivity (Wildman–Crippen MR) is 179 cm³/mol. The first kappa shape index (κ1) is 35.9. The van der Waals surface area contributed by atoms with Gasteiger partial charge in [-0.2, -0.15) is 10.5 Å². The fourth-order valence-electron chi connectivity index (χ4n) is 4.70. The lowest BCUT2D eigenvalue weighted by atomic mass is 9.96. The second-order valence-corrected chi connectivity index (χ2v) is 12.6. The highest BCUT2D eigenvalue weighted by Gasteiger charge is 2.33. The summed E-state index contributed by atoms with van der Waals surface area (Å²) in [4.78, 5) is 27.3. The number of carboxylic acids is 1. The van der Waals surface area contributed by atoms with E-state index in [9.17, 15) is 25.2 Å². The van der Waals surface area contributed by atoms with E-state index >= 15 is 0 Å². The van der Waals surface area contributed by atoms with Crippen molar-refractivity contribution in [2.45, 2.75) is 78.9 Å². The van der Waals surface area contributed by atoms with Gasteiger partial charge in [-0.25, -0.2) is 9.59 Å². The maximum atomic E-state index is 13.0. The molecule has 0 bridgehead atoms. The molecule has 3 rings (SSSR count). The summed E-state index contributed by atoms with van der Waals surface area (Å²) in [5.74, 6) is -1.88. The minimum Gasteiger partial charge on any atom is -0.478 e. The molecule has 0 spiro atoms. The first-order valence-electron chi connectivity index (χ1n) is 15.2. The number of rotatable bonds is 15. The van der Waals surface area contributed by atoms with Gasteiger partial charge in [0, 0.05) is 18.8 Å². The molecule has 2 aromatic carbocycles. The van der Waals surface area contributed by atoms with Crippen LogP contribution in [-0.2, 0) is 9.47 Å². The zero-order valence-corrected chi connectivity index (χ0v) is 28.3. The van der Waals surface area contributed by atoms with Gasteiger partial charge in [0.15, 0.2) is 5.00 Å². The Kier molecular flexibility index (Phi) is 12.2. The van der Waals surface area contributed by atoms with Gasteiger partial charge in [0.05, 0.1) is 34.6 Å². The zero-order chi connectivity index (χ0) is 34.1. The summed E-state index contributed by atoms with van der Waals surface area (Å²) in [6.07, 6.45) is 1.93. The van der Waals surface area contributed by atoms with E-state index in [1.165, 1.54) is 12.1 Å². The fraction of sp³-hybridized carbons (Fsp3) is 0.429. The summed E-state index contributed by atoms with van der Waals surface area (Å²) in [6, 6.07) is 16.2. The molecule has 0 saturated carbocycles. The third-order valence-electron chi connectivity index (χ3n) is 8.37. The van der Waals surface area contributed by atoms with Crippen molar-refractivity contribution in [3.63, 3.8) is 0 Å². The van der Waals surface area contributed by atoms with Crippen LogP contribution < -0.4 is 4.90 Å². The lowest BCUT2D eigenvalue weighted by Gasteiger charge is -2.36. The van der Waals surface area contributed by atoms with Crippen molar-refractivity contribution in [3.05, 3.63) is 75.2 Å². The van der Waals surface area contributed by atoms with Gasteiger partial charge in [-0.15, -0.1) is 21.6 Å². The molecule has 46 heavy (non-hydrogen) atoms. The van der Waals surface area contributed by atoms with Crippen LogP contribution >= 0.6 is 11.3 Å². The smallest absolute Gasteiger partial charge is 0.339 e. The standard InChI is InChI=1S/C35H41N5O5S/c1-8-34(6,44-22-35(7,9-2)45-33(43)27-14-12-11-13-26(27)32(41)42)17-18-40(10-3)25-15-16-29(23(4)19-25)38-39-31-28(20-36)24(5)30(21-37)46-31/h11-16,19H,8-10,17-18,22H2,1-7H3,(H,41,42). The van der Waals surface area contributed by atoms with Crippen molar-refractivity contribution in [2.75, 3.05) is 24.6 Å². The number of aryl methyl sites for hydroxylation is 1. The summed E-state index contributed by atoms with van der Waals surface area (Å²) < 4.78 is 12.3. The molecule has 1 heterocycles. The molecule has 0 saturated heterocycles. The Bertz CT molecular complexity index is 1690. The molecule has 0 amide bonds. The van der Waals surface area contributed by atoms with Crippen molar-refractivity contribution in [1.29, 1.82) is 10.5 Å². The monoisotopic (exact) mass is 643 g/mol. The Morgan fingerprint density at radius 2 is 1.65 bits per heavy atom. The SMILES string of the molecule is CCN(CCC(C)(CC)OCC(C)(CC)OC(=O)c1ccccc1C(=O)O)c1ccc(N=Nc2sc(C#N)c(C)c2C#N)c(C)c1. The average Bonchev–Trinajstić information content (AvgIpc) is 3.37. The molecular formula is C35H41N5O5S. The number of aromatic carboxylic acids is 1. The molecule has 1 N–H and O–H groups in total. The number of nitrogens with zero attached hydrogens (tertiary/aromatic N) is 5. The number of carbonyl (C=O) groups excluding carboxylic acids is 1. The number of thiophene rings is 1. The van der Waals surface area contributed by atoms with E-state index in [1.54, 1.807) is 26.0 Å². The van der Waals surface area contributed by atoms with Crippen LogP contribution in [0.3, 0.4) is 0 Å². The van der Waals surface area contributed by atoms with Crippen molar-refractivity contribution in [1.82, 2.24) is 0 Å². The lowest BCUT2D eigenvalue weighted by molar-refractivity contribution is -0.116. The van der Waals surface area contributed by atoms with Crippen LogP contribution in [0.5, 0.6) is 0 Å². The second-order valence-electron chi connectivity index (χ2n) is 11.6. The van der Waals surface area contributed by atoms with Gasteiger partial charge < -0.3 is 19.5 Å². The lowest BCUT2D eigenvalue weighted by Crippen LogP contribution is -2.42. The number of nitriles is 2. The number of ether oxygens (including phenoxy) is 2. The summed E-state index contributed by atoms with van der Waals surface area (Å²) in [5, 5.41) is 37.4. The molecule has 2 unspecified atom stereocenters. The molecular weight excluding hydrogens is 602 g/mol. The molecule has 0 fully saturated rings. The van der Waals surface area contributed by atoms with Gasteiger partial charge in [0.2, 0.25) is 0 Å². The maximum absolute atomic E-state index is 13.0. The van der Waals surface area contributed by atoms with Crippen LogP contribution in [-0.4, -0.2) is 47.9 Å². The van der Waals surface area contributed by atoms with Crippen LogP contribution in [0.1, 0.15) is 96.2 Å². The molecule has 0 radical (unpaired) electrons. The number of carboxylic acid groups (broad SMARTS) is 1. The van der Waals surface area contributed by atoms with Crippen LogP contribution in [0.25, 0.3) is 0 Å². The van der Waals surface area contributed by atoms with Crippen molar-refractivity contribution in [2.24, 2.45) is 10.2 Å². The Morgan fingerprint density at radius 3 is 2.22 bits per heavy atom. The summed E-state index contributed by atoms with van der Waals surface area (Å²) in [7, 11) is 0.